The number of carbonyl (C=O) groups excluding carboxylic acids is 3. The van der Waals surface area contributed by atoms with E-state index in [1.807, 2.05) is 13.8 Å². The van der Waals surface area contributed by atoms with Gasteiger partial charge in [0.1, 0.15) is 6.61 Å². The molecule has 0 spiro atoms. The van der Waals surface area contributed by atoms with Crippen molar-refractivity contribution in [2.45, 2.75) is 50.3 Å². The third-order valence-electron chi connectivity index (χ3n) is 7.13. The molecule has 0 saturated heterocycles. The van der Waals surface area contributed by atoms with E-state index in [1.54, 1.807) is 47.8 Å². The molecule has 3 rings (SSSR count). The van der Waals surface area contributed by atoms with E-state index in [9.17, 15) is 14.4 Å². The van der Waals surface area contributed by atoms with Gasteiger partial charge in [-0.2, -0.15) is 0 Å². The molecule has 0 N–H and O–H groups in total. The van der Waals surface area contributed by atoms with Crippen molar-refractivity contribution in [3.8, 4) is 0 Å². The van der Waals surface area contributed by atoms with Crippen LogP contribution in [-0.4, -0.2) is 61.7 Å². The fourth-order valence-electron chi connectivity index (χ4n) is 4.40. The zero-order chi connectivity index (χ0) is 32.0. The largest absolute Gasteiger partial charge is 0.463 e. The fourth-order valence-corrected chi connectivity index (χ4v) is 7.56. The molecule has 0 saturated carbocycles. The number of aryl methyl sites for hydroxylation is 2. The van der Waals surface area contributed by atoms with E-state index in [4.69, 9.17) is 9.47 Å². The van der Waals surface area contributed by atoms with Gasteiger partial charge in [-0.1, -0.05) is 59.7 Å². The van der Waals surface area contributed by atoms with Crippen molar-refractivity contribution < 1.29 is 23.9 Å². The standard InChI is InChI=1S/C36H45O5PS2/c1-26-8-16-31(17-9-26)43-23-30(24-44-32-18-10-27(2)11-19-32)34(38)29-14-12-28(13-15-29)33(37)7-6-20-40-21-22-41-35(39)36(3,4)25-42-5/h8-19,30,42H,6-7,20-25H2,1-5H3. The highest BCUT2D eigenvalue weighted by Gasteiger charge is 2.28. The summed E-state index contributed by atoms with van der Waals surface area (Å²) in [5.41, 5.74) is 3.17. The fraction of sp³-hybridized carbons (Fsp3) is 0.417. The minimum Gasteiger partial charge on any atom is -0.463 e. The summed E-state index contributed by atoms with van der Waals surface area (Å²) in [7, 11) is 0.695. The molecule has 0 aliphatic rings. The molecular weight excluding hydrogens is 607 g/mol. The first-order valence-electron chi connectivity index (χ1n) is 15.0. The second kappa shape index (κ2) is 18.5. The third-order valence-corrected chi connectivity index (χ3v) is 10.7. The Balaban J connectivity index is 1.49. The van der Waals surface area contributed by atoms with Crippen LogP contribution in [0.25, 0.3) is 0 Å². The van der Waals surface area contributed by atoms with Gasteiger partial charge in [0.15, 0.2) is 11.6 Å². The molecule has 0 amide bonds. The van der Waals surface area contributed by atoms with Crippen LogP contribution < -0.4 is 0 Å². The maximum Gasteiger partial charge on any atom is 0.311 e. The maximum absolute atomic E-state index is 13.6. The quantitative estimate of drug-likeness (QED) is 0.0423. The van der Waals surface area contributed by atoms with E-state index in [2.05, 4.69) is 69.0 Å². The molecule has 1 atom stereocenters. The number of rotatable bonds is 19. The molecule has 0 aliphatic heterocycles. The molecule has 0 heterocycles. The molecular formula is C36H45O5PS2. The third kappa shape index (κ3) is 12.2. The Bertz CT molecular complexity index is 1290. The molecule has 8 heteroatoms. The van der Waals surface area contributed by atoms with Crippen LogP contribution in [0.2, 0.25) is 0 Å². The normalized spacial score (nSPS) is 11.8. The molecule has 0 radical (unpaired) electrons. The van der Waals surface area contributed by atoms with Crippen molar-refractivity contribution in [3.63, 3.8) is 0 Å². The van der Waals surface area contributed by atoms with Gasteiger partial charge in [-0.05, 0) is 71.2 Å². The summed E-state index contributed by atoms with van der Waals surface area (Å²) < 4.78 is 10.9. The van der Waals surface area contributed by atoms with Gasteiger partial charge in [-0.3, -0.25) is 14.4 Å². The number of hydrogen-bond donors (Lipinski definition) is 0. The minimum atomic E-state index is -0.471. The van der Waals surface area contributed by atoms with Crippen molar-refractivity contribution in [2.24, 2.45) is 11.3 Å². The minimum absolute atomic E-state index is 0.0163. The van der Waals surface area contributed by atoms with E-state index in [0.717, 1.165) is 16.0 Å². The summed E-state index contributed by atoms with van der Waals surface area (Å²) in [5, 5.41) is 0. The van der Waals surface area contributed by atoms with Gasteiger partial charge in [0.05, 0.1) is 12.0 Å². The van der Waals surface area contributed by atoms with Crippen molar-refractivity contribution in [3.05, 3.63) is 95.1 Å². The van der Waals surface area contributed by atoms with Crippen LogP contribution in [0.4, 0.5) is 0 Å². The topological polar surface area (TPSA) is 69.7 Å². The summed E-state index contributed by atoms with van der Waals surface area (Å²) >= 11 is 3.40. The molecule has 0 bridgehead atoms. The average molecular weight is 653 g/mol. The zero-order valence-corrected chi connectivity index (χ0v) is 29.2. The van der Waals surface area contributed by atoms with E-state index < -0.39 is 5.41 Å². The lowest BCUT2D eigenvalue weighted by Crippen LogP contribution is -2.29. The predicted octanol–water partition coefficient (Wildman–Crippen LogP) is 8.54. The van der Waals surface area contributed by atoms with Crippen LogP contribution in [0.3, 0.4) is 0 Å². The van der Waals surface area contributed by atoms with Gasteiger partial charge >= 0.3 is 5.97 Å². The molecule has 0 aromatic heterocycles. The molecule has 44 heavy (non-hydrogen) atoms. The number of esters is 1. The van der Waals surface area contributed by atoms with E-state index in [-0.39, 0.29) is 30.1 Å². The SMILES string of the molecule is CPCC(C)(C)C(=O)OCCOCCCC(=O)c1ccc(C(=O)C(CSc2ccc(C)cc2)CSc2ccc(C)cc2)cc1. The molecule has 236 valence electrons. The van der Waals surface area contributed by atoms with Gasteiger partial charge in [-0.15, -0.1) is 32.1 Å². The predicted molar refractivity (Wildman–Crippen MR) is 186 cm³/mol. The van der Waals surface area contributed by atoms with Gasteiger partial charge in [-0.25, -0.2) is 0 Å². The zero-order valence-electron chi connectivity index (χ0n) is 26.5. The summed E-state index contributed by atoms with van der Waals surface area (Å²) in [6.45, 7) is 11.0. The van der Waals surface area contributed by atoms with Crippen LogP contribution in [0.15, 0.2) is 82.6 Å². The Hall–Kier alpha value is -2.44. The highest BCUT2D eigenvalue weighted by Crippen LogP contribution is 2.29. The number of ether oxygens (including phenoxy) is 2. The van der Waals surface area contributed by atoms with Gasteiger partial charge < -0.3 is 9.47 Å². The molecule has 3 aromatic rings. The Kier molecular flexibility index (Phi) is 15.2. The Morgan fingerprint density at radius 3 is 1.80 bits per heavy atom. The molecule has 0 fully saturated rings. The van der Waals surface area contributed by atoms with Gasteiger partial charge in [0.2, 0.25) is 0 Å². The molecule has 5 nitrogen and oxygen atoms in total. The lowest BCUT2D eigenvalue weighted by atomic mass is 9.97. The van der Waals surface area contributed by atoms with Crippen molar-refractivity contribution >= 4 is 49.6 Å². The van der Waals surface area contributed by atoms with Crippen molar-refractivity contribution in [1.82, 2.24) is 0 Å². The van der Waals surface area contributed by atoms with E-state index >= 15 is 0 Å². The first kappa shape index (κ1) is 36.0. The second-order valence-electron chi connectivity index (χ2n) is 11.6. The van der Waals surface area contributed by atoms with Crippen LogP contribution in [0.5, 0.6) is 0 Å². The Morgan fingerprint density at radius 1 is 0.750 bits per heavy atom. The summed E-state index contributed by atoms with van der Waals surface area (Å²) in [6.07, 6.45) is 1.73. The molecule has 0 aliphatic carbocycles. The monoisotopic (exact) mass is 652 g/mol. The first-order valence-corrected chi connectivity index (χ1v) is 18.7. The number of carbonyl (C=O) groups is 3. The number of thioether (sulfide) groups is 2. The van der Waals surface area contributed by atoms with Crippen LogP contribution in [-0.2, 0) is 14.3 Å². The first-order chi connectivity index (χ1) is 21.1. The Labute approximate surface area is 273 Å². The summed E-state index contributed by atoms with van der Waals surface area (Å²) in [4.78, 5) is 40.9. The highest BCUT2D eigenvalue weighted by molar-refractivity contribution is 8.00. The van der Waals surface area contributed by atoms with Crippen molar-refractivity contribution in [1.29, 1.82) is 0 Å². The van der Waals surface area contributed by atoms with Crippen molar-refractivity contribution in [2.75, 3.05) is 44.2 Å². The second-order valence-corrected chi connectivity index (χ2v) is 14.8. The molecule has 1 unspecified atom stereocenters. The number of benzene rings is 3. The average Bonchev–Trinajstić information content (AvgIpc) is 3.01. The van der Waals surface area contributed by atoms with Gasteiger partial charge in [0.25, 0.3) is 0 Å². The lowest BCUT2D eigenvalue weighted by Gasteiger charge is -2.21. The lowest BCUT2D eigenvalue weighted by molar-refractivity contribution is -0.154. The van der Waals surface area contributed by atoms with Gasteiger partial charge in [0, 0.05) is 51.4 Å². The van der Waals surface area contributed by atoms with Crippen LogP contribution >= 0.6 is 32.1 Å². The van der Waals surface area contributed by atoms with E-state index in [1.165, 1.54) is 11.1 Å². The highest BCUT2D eigenvalue weighted by atomic mass is 32.2. The summed E-state index contributed by atoms with van der Waals surface area (Å²) in [6, 6.07) is 23.8. The van der Waals surface area contributed by atoms with Crippen LogP contribution in [0, 0.1) is 25.2 Å². The molecule has 3 aromatic carbocycles. The van der Waals surface area contributed by atoms with Crippen LogP contribution in [0.1, 0.15) is 58.5 Å². The number of hydrogen-bond acceptors (Lipinski definition) is 7. The smallest absolute Gasteiger partial charge is 0.311 e. The van der Waals surface area contributed by atoms with E-state index in [0.29, 0.717) is 57.3 Å². The number of Topliss-reactive ketones (excluding diaryl/α,β-unsaturated/α-hetero) is 2. The Morgan fingerprint density at radius 2 is 1.27 bits per heavy atom. The summed E-state index contributed by atoms with van der Waals surface area (Å²) in [5.74, 6) is 1.09. The number of ketones is 2. The maximum atomic E-state index is 13.6.